The Balaban J connectivity index is 2.40. The Bertz CT molecular complexity index is 456. The zero-order valence-corrected chi connectivity index (χ0v) is 12.0. The second kappa shape index (κ2) is 5.13. The molecule has 0 radical (unpaired) electrons. The van der Waals surface area contributed by atoms with E-state index < -0.39 is 0 Å². The molecule has 1 aliphatic carbocycles. The van der Waals surface area contributed by atoms with Crippen LogP contribution in [0.25, 0.3) is 0 Å². The van der Waals surface area contributed by atoms with Crippen LogP contribution in [0, 0.1) is 19.3 Å². The summed E-state index contributed by atoms with van der Waals surface area (Å²) in [6.07, 6.45) is 5.33. The number of hydrogen-bond acceptors (Lipinski definition) is 2. The van der Waals surface area contributed by atoms with Crippen LogP contribution >= 0.6 is 0 Å². The van der Waals surface area contributed by atoms with Gasteiger partial charge in [0.05, 0.1) is 0 Å². The van der Waals surface area contributed by atoms with Gasteiger partial charge in [0.1, 0.15) is 0 Å². The molecule has 0 aromatic heterocycles. The van der Waals surface area contributed by atoms with Crippen LogP contribution in [0.2, 0.25) is 0 Å². The van der Waals surface area contributed by atoms with E-state index in [2.05, 4.69) is 37.9 Å². The van der Waals surface area contributed by atoms with Gasteiger partial charge in [0, 0.05) is 30.1 Å². The smallest absolute Gasteiger partial charge is 0.0405 e. The van der Waals surface area contributed by atoms with E-state index >= 15 is 0 Å². The fraction of sp³-hybridized carbons (Fsp3) is 0.562. The van der Waals surface area contributed by atoms with E-state index in [1.165, 1.54) is 42.5 Å². The Hall–Kier alpha value is -1.31. The lowest BCUT2D eigenvalue weighted by atomic mass is 9.98. The topological polar surface area (TPSA) is 27.1 Å². The molecule has 2 rings (SSSR count). The second-order valence-corrected chi connectivity index (χ2v) is 5.63. The van der Waals surface area contributed by atoms with Crippen LogP contribution in [-0.2, 0) is 0 Å². The van der Waals surface area contributed by atoms with Crippen LogP contribution in [0.15, 0.2) is 12.1 Å². The largest absolute Gasteiger partial charge is 0.371 e. The van der Waals surface area contributed by atoms with Gasteiger partial charge in [0.25, 0.3) is 0 Å². The lowest BCUT2D eigenvalue weighted by Crippen LogP contribution is -2.29. The first-order chi connectivity index (χ1) is 8.50. The quantitative estimate of drug-likeness (QED) is 0.797. The Kier molecular flexibility index (Phi) is 3.74. The minimum absolute atomic E-state index is 0.664. The number of aryl methyl sites for hydroxylation is 1. The first kappa shape index (κ1) is 13.1. The highest BCUT2D eigenvalue weighted by molar-refractivity contribution is 5.99. The third-order valence-electron chi connectivity index (χ3n) is 4.18. The molecule has 0 aliphatic heterocycles. The average molecular weight is 244 g/mol. The number of hydrogen-bond donors (Lipinski definition) is 1. The molecule has 1 aromatic rings. The molecule has 1 saturated carbocycles. The Morgan fingerprint density at radius 3 is 2.39 bits per heavy atom. The van der Waals surface area contributed by atoms with Crippen LogP contribution in [0.3, 0.4) is 0 Å². The molecule has 1 aliphatic rings. The summed E-state index contributed by atoms with van der Waals surface area (Å²) in [5.74, 6) is 0. The molecule has 0 amide bonds. The van der Waals surface area contributed by atoms with E-state index in [1.807, 2.05) is 6.92 Å². The van der Waals surface area contributed by atoms with E-state index in [0.29, 0.717) is 11.8 Å². The fourth-order valence-corrected chi connectivity index (χ4v) is 3.08. The van der Waals surface area contributed by atoms with Crippen LogP contribution in [0.5, 0.6) is 0 Å². The summed E-state index contributed by atoms with van der Waals surface area (Å²) in [5.41, 5.74) is 5.57. The first-order valence-corrected chi connectivity index (χ1v) is 6.90. The van der Waals surface area contributed by atoms with Crippen LogP contribution < -0.4 is 4.90 Å². The van der Waals surface area contributed by atoms with Gasteiger partial charge in [-0.05, 0) is 56.9 Å². The van der Waals surface area contributed by atoms with Crippen molar-refractivity contribution in [1.29, 1.82) is 5.41 Å². The van der Waals surface area contributed by atoms with Gasteiger partial charge in [-0.15, -0.1) is 0 Å². The van der Waals surface area contributed by atoms with Crippen molar-refractivity contribution in [3.05, 3.63) is 28.8 Å². The normalized spacial score (nSPS) is 16.0. The summed E-state index contributed by atoms with van der Waals surface area (Å²) < 4.78 is 0. The minimum Gasteiger partial charge on any atom is -0.371 e. The van der Waals surface area contributed by atoms with Gasteiger partial charge in [0.2, 0.25) is 0 Å². The van der Waals surface area contributed by atoms with E-state index in [-0.39, 0.29) is 0 Å². The molecule has 0 bridgehead atoms. The van der Waals surface area contributed by atoms with Gasteiger partial charge in [-0.2, -0.15) is 0 Å². The summed E-state index contributed by atoms with van der Waals surface area (Å²) >= 11 is 0. The SMILES string of the molecule is CC(=N)c1cc(C)cc(N(C)C2CCCC2)c1C. The van der Waals surface area contributed by atoms with Gasteiger partial charge >= 0.3 is 0 Å². The maximum absolute atomic E-state index is 7.90. The Morgan fingerprint density at radius 2 is 1.83 bits per heavy atom. The van der Waals surface area contributed by atoms with Gasteiger partial charge in [-0.3, -0.25) is 0 Å². The van der Waals surface area contributed by atoms with Crippen molar-refractivity contribution in [2.24, 2.45) is 0 Å². The molecular formula is C16H24N2. The highest BCUT2D eigenvalue weighted by Crippen LogP contribution is 2.31. The first-order valence-electron chi connectivity index (χ1n) is 6.90. The highest BCUT2D eigenvalue weighted by Gasteiger charge is 2.22. The number of nitrogens with one attached hydrogen (secondary N) is 1. The molecular weight excluding hydrogens is 220 g/mol. The van der Waals surface area contributed by atoms with Crippen molar-refractivity contribution in [2.45, 2.75) is 52.5 Å². The van der Waals surface area contributed by atoms with Gasteiger partial charge in [-0.1, -0.05) is 12.8 Å². The zero-order chi connectivity index (χ0) is 13.3. The third kappa shape index (κ3) is 2.43. The second-order valence-electron chi connectivity index (χ2n) is 5.63. The van der Waals surface area contributed by atoms with Crippen LogP contribution in [-0.4, -0.2) is 18.8 Å². The lowest BCUT2D eigenvalue weighted by molar-refractivity contribution is 0.652. The van der Waals surface area contributed by atoms with Crippen molar-refractivity contribution in [3.8, 4) is 0 Å². The summed E-state index contributed by atoms with van der Waals surface area (Å²) in [6, 6.07) is 5.08. The molecule has 0 heterocycles. The summed E-state index contributed by atoms with van der Waals surface area (Å²) in [4.78, 5) is 2.43. The molecule has 2 heteroatoms. The molecule has 0 saturated heterocycles. The van der Waals surface area contributed by atoms with Crippen molar-refractivity contribution in [2.75, 3.05) is 11.9 Å². The van der Waals surface area contributed by atoms with Crippen molar-refractivity contribution >= 4 is 11.4 Å². The number of benzene rings is 1. The highest BCUT2D eigenvalue weighted by atomic mass is 15.1. The molecule has 2 nitrogen and oxygen atoms in total. The minimum atomic E-state index is 0.664. The van der Waals surface area contributed by atoms with Crippen LogP contribution in [0.4, 0.5) is 5.69 Å². The molecule has 18 heavy (non-hydrogen) atoms. The maximum atomic E-state index is 7.90. The molecule has 1 aromatic carbocycles. The predicted octanol–water partition coefficient (Wildman–Crippen LogP) is 4.07. The van der Waals surface area contributed by atoms with Gasteiger partial charge in [0.15, 0.2) is 0 Å². The predicted molar refractivity (Wildman–Crippen MR) is 79.1 cm³/mol. The van der Waals surface area contributed by atoms with E-state index in [1.54, 1.807) is 0 Å². The monoisotopic (exact) mass is 244 g/mol. The van der Waals surface area contributed by atoms with Gasteiger partial charge in [-0.25, -0.2) is 0 Å². The molecule has 0 atom stereocenters. The summed E-state index contributed by atoms with van der Waals surface area (Å²) in [6.45, 7) is 6.15. The van der Waals surface area contributed by atoms with Gasteiger partial charge < -0.3 is 10.3 Å². The summed E-state index contributed by atoms with van der Waals surface area (Å²) in [7, 11) is 2.21. The molecule has 1 fully saturated rings. The standard InChI is InChI=1S/C16H24N2/c1-11-9-15(13(3)17)12(2)16(10-11)18(4)14-7-5-6-8-14/h9-10,14,17H,5-8H2,1-4H3. The molecule has 98 valence electrons. The van der Waals surface area contributed by atoms with E-state index in [0.717, 1.165) is 5.56 Å². The van der Waals surface area contributed by atoms with Crippen molar-refractivity contribution in [3.63, 3.8) is 0 Å². The fourth-order valence-electron chi connectivity index (χ4n) is 3.08. The van der Waals surface area contributed by atoms with E-state index in [4.69, 9.17) is 5.41 Å². The summed E-state index contributed by atoms with van der Waals surface area (Å²) in [5, 5.41) is 7.90. The molecule has 0 spiro atoms. The third-order valence-corrected chi connectivity index (χ3v) is 4.18. The number of anilines is 1. The number of rotatable bonds is 3. The van der Waals surface area contributed by atoms with Crippen molar-refractivity contribution < 1.29 is 0 Å². The maximum Gasteiger partial charge on any atom is 0.0405 e. The van der Waals surface area contributed by atoms with E-state index in [9.17, 15) is 0 Å². The Morgan fingerprint density at radius 1 is 1.22 bits per heavy atom. The average Bonchev–Trinajstić information content (AvgIpc) is 2.84. The lowest BCUT2D eigenvalue weighted by Gasteiger charge is -2.29. The number of nitrogens with zero attached hydrogens (tertiary/aromatic N) is 1. The zero-order valence-electron chi connectivity index (χ0n) is 12.0. The molecule has 0 unspecified atom stereocenters. The van der Waals surface area contributed by atoms with Crippen LogP contribution in [0.1, 0.15) is 49.3 Å². The van der Waals surface area contributed by atoms with Crippen molar-refractivity contribution in [1.82, 2.24) is 0 Å². The Labute approximate surface area is 111 Å². The molecule has 1 N–H and O–H groups in total.